The van der Waals surface area contributed by atoms with Crippen molar-refractivity contribution in [3.63, 3.8) is 0 Å². The van der Waals surface area contributed by atoms with Gasteiger partial charge in [0.1, 0.15) is 0 Å². The number of rotatable bonds is 3. The molecule has 4 rings (SSSR count). The Balaban J connectivity index is 1.58. The molecule has 2 atom stereocenters. The zero-order chi connectivity index (χ0) is 15.7. The molecule has 1 saturated carbocycles. The molecule has 0 spiro atoms. The molecule has 2 unspecified atom stereocenters. The van der Waals surface area contributed by atoms with Crippen LogP contribution in [0.5, 0.6) is 0 Å². The SMILES string of the molecule is O=C1OCC2CCCCC12Cc1ccc(-c2ccccc2)cc1. The van der Waals surface area contributed by atoms with Gasteiger partial charge in [0.2, 0.25) is 0 Å². The second kappa shape index (κ2) is 5.84. The molecule has 0 amide bonds. The molecular formula is C21H22O2. The molecule has 118 valence electrons. The van der Waals surface area contributed by atoms with Crippen LogP contribution in [-0.2, 0) is 16.0 Å². The molecule has 0 radical (unpaired) electrons. The van der Waals surface area contributed by atoms with Gasteiger partial charge < -0.3 is 4.74 Å². The topological polar surface area (TPSA) is 26.3 Å². The molecule has 2 aliphatic rings. The molecule has 2 aromatic rings. The first kappa shape index (κ1) is 14.5. The van der Waals surface area contributed by atoms with Crippen LogP contribution in [0.3, 0.4) is 0 Å². The molecule has 1 heterocycles. The van der Waals surface area contributed by atoms with E-state index < -0.39 is 0 Å². The maximum absolute atomic E-state index is 12.4. The quantitative estimate of drug-likeness (QED) is 0.773. The van der Waals surface area contributed by atoms with Crippen LogP contribution >= 0.6 is 0 Å². The van der Waals surface area contributed by atoms with E-state index in [9.17, 15) is 4.79 Å². The van der Waals surface area contributed by atoms with Gasteiger partial charge in [-0.15, -0.1) is 0 Å². The predicted octanol–water partition coefficient (Wildman–Crippen LogP) is 4.63. The Kier molecular flexibility index (Phi) is 3.68. The van der Waals surface area contributed by atoms with E-state index >= 15 is 0 Å². The number of ether oxygens (including phenoxy) is 1. The third-order valence-corrected chi connectivity index (χ3v) is 5.61. The number of cyclic esters (lactones) is 1. The van der Waals surface area contributed by atoms with E-state index in [1.54, 1.807) is 0 Å². The van der Waals surface area contributed by atoms with E-state index in [1.807, 2.05) is 6.07 Å². The fourth-order valence-corrected chi connectivity index (χ4v) is 4.26. The highest BCUT2D eigenvalue weighted by molar-refractivity contribution is 5.80. The van der Waals surface area contributed by atoms with E-state index in [2.05, 4.69) is 48.5 Å². The van der Waals surface area contributed by atoms with Crippen molar-refractivity contribution in [1.29, 1.82) is 0 Å². The van der Waals surface area contributed by atoms with Crippen LogP contribution in [0.4, 0.5) is 0 Å². The van der Waals surface area contributed by atoms with Crippen LogP contribution in [-0.4, -0.2) is 12.6 Å². The van der Waals surface area contributed by atoms with Crippen molar-refractivity contribution in [2.24, 2.45) is 11.3 Å². The molecule has 2 heteroatoms. The van der Waals surface area contributed by atoms with Crippen LogP contribution < -0.4 is 0 Å². The summed E-state index contributed by atoms with van der Waals surface area (Å²) in [7, 11) is 0. The summed E-state index contributed by atoms with van der Waals surface area (Å²) in [5.41, 5.74) is 3.44. The first-order chi connectivity index (χ1) is 11.3. The lowest BCUT2D eigenvalue weighted by molar-refractivity contribution is -0.147. The van der Waals surface area contributed by atoms with E-state index in [-0.39, 0.29) is 11.4 Å². The molecule has 23 heavy (non-hydrogen) atoms. The van der Waals surface area contributed by atoms with Crippen LogP contribution in [0.2, 0.25) is 0 Å². The van der Waals surface area contributed by atoms with Crippen LogP contribution in [0.1, 0.15) is 31.2 Å². The summed E-state index contributed by atoms with van der Waals surface area (Å²) in [4.78, 5) is 12.4. The van der Waals surface area contributed by atoms with Crippen molar-refractivity contribution >= 4 is 5.97 Å². The van der Waals surface area contributed by atoms with Gasteiger partial charge in [-0.2, -0.15) is 0 Å². The Morgan fingerprint density at radius 3 is 2.48 bits per heavy atom. The smallest absolute Gasteiger partial charge is 0.312 e. The van der Waals surface area contributed by atoms with Gasteiger partial charge in [-0.05, 0) is 36.0 Å². The number of hydrogen-bond donors (Lipinski definition) is 0. The molecule has 1 aliphatic carbocycles. The van der Waals surface area contributed by atoms with Crippen LogP contribution in [0.15, 0.2) is 54.6 Å². The van der Waals surface area contributed by atoms with Crippen molar-refractivity contribution in [2.75, 3.05) is 6.61 Å². The van der Waals surface area contributed by atoms with Crippen molar-refractivity contribution in [3.8, 4) is 11.1 Å². The third-order valence-electron chi connectivity index (χ3n) is 5.61. The van der Waals surface area contributed by atoms with Crippen molar-refractivity contribution in [3.05, 3.63) is 60.2 Å². The number of esters is 1. The number of carbonyl (C=O) groups excluding carboxylic acids is 1. The minimum Gasteiger partial charge on any atom is -0.465 e. The Morgan fingerprint density at radius 1 is 0.957 bits per heavy atom. The summed E-state index contributed by atoms with van der Waals surface area (Å²) >= 11 is 0. The van der Waals surface area contributed by atoms with Crippen molar-refractivity contribution < 1.29 is 9.53 Å². The molecule has 0 bridgehead atoms. The van der Waals surface area contributed by atoms with Crippen LogP contribution in [0.25, 0.3) is 11.1 Å². The lowest BCUT2D eigenvalue weighted by Crippen LogP contribution is -2.38. The van der Waals surface area contributed by atoms with Gasteiger partial charge in [0, 0.05) is 5.92 Å². The zero-order valence-electron chi connectivity index (χ0n) is 13.3. The van der Waals surface area contributed by atoms with Gasteiger partial charge in [-0.25, -0.2) is 0 Å². The van der Waals surface area contributed by atoms with Gasteiger partial charge in [-0.1, -0.05) is 67.4 Å². The zero-order valence-corrected chi connectivity index (χ0v) is 13.3. The summed E-state index contributed by atoms with van der Waals surface area (Å²) in [6, 6.07) is 19.1. The number of benzene rings is 2. The largest absolute Gasteiger partial charge is 0.465 e. The minimum atomic E-state index is -0.257. The molecule has 2 nitrogen and oxygen atoms in total. The molecule has 0 N–H and O–H groups in total. The second-order valence-corrected chi connectivity index (χ2v) is 6.94. The highest BCUT2D eigenvalue weighted by Gasteiger charge is 2.52. The van der Waals surface area contributed by atoms with Gasteiger partial charge in [-0.3, -0.25) is 4.79 Å². The summed E-state index contributed by atoms with van der Waals surface area (Å²) in [6.45, 7) is 0.626. The Bertz CT molecular complexity index is 690. The highest BCUT2D eigenvalue weighted by Crippen LogP contribution is 2.48. The summed E-state index contributed by atoms with van der Waals surface area (Å²) in [5, 5.41) is 0. The fourth-order valence-electron chi connectivity index (χ4n) is 4.26. The average Bonchev–Trinajstić information content (AvgIpc) is 2.93. The molecule has 2 aromatic carbocycles. The van der Waals surface area contributed by atoms with Gasteiger partial charge in [0.25, 0.3) is 0 Å². The fraction of sp³-hybridized carbons (Fsp3) is 0.381. The van der Waals surface area contributed by atoms with Gasteiger partial charge in [0.15, 0.2) is 0 Å². The van der Waals surface area contributed by atoms with Gasteiger partial charge >= 0.3 is 5.97 Å². The molecule has 0 aromatic heterocycles. The standard InChI is InChI=1S/C21H22O2/c22-20-21(13-5-4-8-19(21)15-23-20)14-16-9-11-18(12-10-16)17-6-2-1-3-7-17/h1-3,6-7,9-12,19H,4-5,8,13-15H2. The number of fused-ring (bicyclic) bond motifs is 1. The van der Waals surface area contributed by atoms with Gasteiger partial charge in [0.05, 0.1) is 12.0 Å². The van der Waals surface area contributed by atoms with E-state index in [1.165, 1.54) is 23.1 Å². The first-order valence-corrected chi connectivity index (χ1v) is 8.59. The second-order valence-electron chi connectivity index (χ2n) is 6.94. The normalized spacial score (nSPS) is 26.6. The molecule has 2 fully saturated rings. The maximum atomic E-state index is 12.4. The summed E-state index contributed by atoms with van der Waals surface area (Å²) in [5.74, 6) is 0.451. The van der Waals surface area contributed by atoms with E-state index in [4.69, 9.17) is 4.74 Å². The molecular weight excluding hydrogens is 284 g/mol. The minimum absolute atomic E-state index is 0.0364. The van der Waals surface area contributed by atoms with E-state index in [0.29, 0.717) is 12.5 Å². The van der Waals surface area contributed by atoms with E-state index in [0.717, 1.165) is 25.7 Å². The lowest BCUT2D eigenvalue weighted by atomic mass is 9.65. The number of carbonyl (C=O) groups is 1. The summed E-state index contributed by atoms with van der Waals surface area (Å²) < 4.78 is 5.43. The lowest BCUT2D eigenvalue weighted by Gasteiger charge is -2.35. The third kappa shape index (κ3) is 2.56. The Morgan fingerprint density at radius 2 is 1.70 bits per heavy atom. The predicted molar refractivity (Wildman–Crippen MR) is 90.9 cm³/mol. The Hall–Kier alpha value is -2.09. The highest BCUT2D eigenvalue weighted by atomic mass is 16.5. The Labute approximate surface area is 137 Å². The number of hydrogen-bond acceptors (Lipinski definition) is 2. The van der Waals surface area contributed by atoms with Crippen LogP contribution in [0, 0.1) is 11.3 Å². The monoisotopic (exact) mass is 306 g/mol. The average molecular weight is 306 g/mol. The van der Waals surface area contributed by atoms with Crippen molar-refractivity contribution in [1.82, 2.24) is 0 Å². The molecule has 1 aliphatic heterocycles. The first-order valence-electron chi connectivity index (χ1n) is 8.59. The van der Waals surface area contributed by atoms with Crippen molar-refractivity contribution in [2.45, 2.75) is 32.1 Å². The molecule has 1 saturated heterocycles. The maximum Gasteiger partial charge on any atom is 0.312 e. The summed E-state index contributed by atoms with van der Waals surface area (Å²) in [6.07, 6.45) is 5.32.